The van der Waals surface area contributed by atoms with Gasteiger partial charge in [-0.3, -0.25) is 0 Å². The SMILES string of the molecule is CN(C)Cc1cccc(Sc2ccccc2CN)c1. The Labute approximate surface area is 119 Å². The molecule has 0 radical (unpaired) electrons. The second kappa shape index (κ2) is 6.75. The molecule has 0 aromatic heterocycles. The van der Waals surface area contributed by atoms with Gasteiger partial charge in [0.2, 0.25) is 0 Å². The summed E-state index contributed by atoms with van der Waals surface area (Å²) in [5.41, 5.74) is 8.31. The quantitative estimate of drug-likeness (QED) is 0.905. The summed E-state index contributed by atoms with van der Waals surface area (Å²) in [6, 6.07) is 17.0. The van der Waals surface area contributed by atoms with E-state index >= 15 is 0 Å². The fourth-order valence-electron chi connectivity index (χ4n) is 1.97. The molecule has 0 aliphatic heterocycles. The minimum Gasteiger partial charge on any atom is -0.326 e. The van der Waals surface area contributed by atoms with Crippen LogP contribution < -0.4 is 5.73 Å². The van der Waals surface area contributed by atoms with E-state index in [1.54, 1.807) is 11.8 Å². The zero-order valence-corrected chi connectivity index (χ0v) is 12.3. The molecule has 19 heavy (non-hydrogen) atoms. The molecule has 0 saturated heterocycles. The number of hydrogen-bond donors (Lipinski definition) is 1. The van der Waals surface area contributed by atoms with Crippen molar-refractivity contribution < 1.29 is 0 Å². The van der Waals surface area contributed by atoms with E-state index in [1.807, 2.05) is 6.07 Å². The second-order valence-corrected chi connectivity index (χ2v) is 5.91. The van der Waals surface area contributed by atoms with Gasteiger partial charge in [-0.1, -0.05) is 42.1 Å². The van der Waals surface area contributed by atoms with Crippen LogP contribution in [0.1, 0.15) is 11.1 Å². The first-order chi connectivity index (χ1) is 9.19. The maximum absolute atomic E-state index is 5.78. The first-order valence-corrected chi connectivity index (χ1v) is 7.20. The largest absolute Gasteiger partial charge is 0.326 e. The Hall–Kier alpha value is -1.29. The minimum atomic E-state index is 0.584. The highest BCUT2D eigenvalue weighted by molar-refractivity contribution is 7.99. The molecule has 0 heterocycles. The van der Waals surface area contributed by atoms with Crippen LogP contribution >= 0.6 is 11.8 Å². The van der Waals surface area contributed by atoms with Gasteiger partial charge in [0.25, 0.3) is 0 Å². The number of hydrogen-bond acceptors (Lipinski definition) is 3. The first-order valence-electron chi connectivity index (χ1n) is 6.38. The molecular formula is C16H20N2S. The molecular weight excluding hydrogens is 252 g/mol. The van der Waals surface area contributed by atoms with Crippen molar-refractivity contribution in [2.75, 3.05) is 14.1 Å². The maximum Gasteiger partial charge on any atom is 0.0228 e. The Morgan fingerprint density at radius 1 is 1.05 bits per heavy atom. The summed E-state index contributed by atoms with van der Waals surface area (Å²) in [5, 5.41) is 0. The van der Waals surface area contributed by atoms with Gasteiger partial charge in [-0.25, -0.2) is 0 Å². The molecule has 0 fully saturated rings. The number of benzene rings is 2. The lowest BCUT2D eigenvalue weighted by atomic mass is 10.2. The van der Waals surface area contributed by atoms with E-state index in [-0.39, 0.29) is 0 Å². The molecule has 100 valence electrons. The Balaban J connectivity index is 2.18. The Bertz CT molecular complexity index is 538. The molecule has 3 heteroatoms. The highest BCUT2D eigenvalue weighted by Crippen LogP contribution is 2.30. The van der Waals surface area contributed by atoms with Gasteiger partial charge in [0.15, 0.2) is 0 Å². The third-order valence-electron chi connectivity index (χ3n) is 2.82. The molecule has 0 spiro atoms. The van der Waals surface area contributed by atoms with Gasteiger partial charge in [0.05, 0.1) is 0 Å². The normalized spacial score (nSPS) is 10.9. The lowest BCUT2D eigenvalue weighted by Gasteiger charge is -2.11. The average molecular weight is 272 g/mol. The van der Waals surface area contributed by atoms with E-state index in [0.29, 0.717) is 6.54 Å². The standard InChI is InChI=1S/C16H20N2S/c1-18(2)12-13-6-5-8-15(10-13)19-16-9-4-3-7-14(16)11-17/h3-10H,11-12,17H2,1-2H3. The van der Waals surface area contributed by atoms with Crippen LogP contribution in [0.2, 0.25) is 0 Å². The fraction of sp³-hybridized carbons (Fsp3) is 0.250. The van der Waals surface area contributed by atoms with E-state index in [4.69, 9.17) is 5.73 Å². The van der Waals surface area contributed by atoms with Crippen LogP contribution in [-0.4, -0.2) is 19.0 Å². The van der Waals surface area contributed by atoms with Crippen molar-refractivity contribution in [2.45, 2.75) is 22.9 Å². The van der Waals surface area contributed by atoms with Crippen molar-refractivity contribution in [2.24, 2.45) is 5.73 Å². The zero-order valence-electron chi connectivity index (χ0n) is 11.5. The molecule has 0 aliphatic rings. The molecule has 2 aromatic rings. The predicted molar refractivity (Wildman–Crippen MR) is 82.3 cm³/mol. The monoisotopic (exact) mass is 272 g/mol. The summed E-state index contributed by atoms with van der Waals surface area (Å²) in [5.74, 6) is 0. The van der Waals surface area contributed by atoms with Gasteiger partial charge < -0.3 is 10.6 Å². The third-order valence-corrected chi connectivity index (χ3v) is 3.93. The van der Waals surface area contributed by atoms with E-state index in [9.17, 15) is 0 Å². The molecule has 2 aromatic carbocycles. The molecule has 0 aliphatic carbocycles. The summed E-state index contributed by atoms with van der Waals surface area (Å²) in [6.07, 6.45) is 0. The lowest BCUT2D eigenvalue weighted by molar-refractivity contribution is 0.402. The second-order valence-electron chi connectivity index (χ2n) is 4.80. The van der Waals surface area contributed by atoms with Gasteiger partial charge in [-0.05, 0) is 43.4 Å². The summed E-state index contributed by atoms with van der Waals surface area (Å²) in [7, 11) is 4.17. The Morgan fingerprint density at radius 3 is 2.58 bits per heavy atom. The molecule has 2 nitrogen and oxygen atoms in total. The van der Waals surface area contributed by atoms with Crippen molar-refractivity contribution >= 4 is 11.8 Å². The number of nitrogens with zero attached hydrogens (tertiary/aromatic N) is 1. The number of rotatable bonds is 5. The van der Waals surface area contributed by atoms with Crippen LogP contribution in [0.5, 0.6) is 0 Å². The Kier molecular flexibility index (Phi) is 5.02. The van der Waals surface area contributed by atoms with Crippen LogP contribution in [0, 0.1) is 0 Å². The van der Waals surface area contributed by atoms with Gasteiger partial charge >= 0.3 is 0 Å². The molecule has 0 bridgehead atoms. The predicted octanol–water partition coefficient (Wildman–Crippen LogP) is 3.36. The van der Waals surface area contributed by atoms with Crippen LogP contribution in [-0.2, 0) is 13.1 Å². The van der Waals surface area contributed by atoms with E-state index in [0.717, 1.165) is 6.54 Å². The summed E-state index contributed by atoms with van der Waals surface area (Å²) >= 11 is 1.78. The average Bonchev–Trinajstić information content (AvgIpc) is 2.39. The van der Waals surface area contributed by atoms with Crippen molar-refractivity contribution in [3.63, 3.8) is 0 Å². The Morgan fingerprint density at radius 2 is 1.84 bits per heavy atom. The summed E-state index contributed by atoms with van der Waals surface area (Å²) in [6.45, 7) is 1.55. The van der Waals surface area contributed by atoms with Crippen molar-refractivity contribution in [1.82, 2.24) is 4.90 Å². The molecule has 2 N–H and O–H groups in total. The van der Waals surface area contributed by atoms with Crippen molar-refractivity contribution in [3.05, 3.63) is 59.7 Å². The van der Waals surface area contributed by atoms with Gasteiger partial charge in [-0.2, -0.15) is 0 Å². The lowest BCUT2D eigenvalue weighted by Crippen LogP contribution is -2.10. The molecule has 0 atom stereocenters. The molecule has 0 unspecified atom stereocenters. The third kappa shape index (κ3) is 4.10. The van der Waals surface area contributed by atoms with Crippen molar-refractivity contribution in [3.8, 4) is 0 Å². The first kappa shape index (κ1) is 14.1. The number of nitrogens with two attached hydrogens (primary N) is 1. The van der Waals surface area contributed by atoms with Gasteiger partial charge in [0.1, 0.15) is 0 Å². The van der Waals surface area contributed by atoms with Gasteiger partial charge in [0, 0.05) is 22.9 Å². The summed E-state index contributed by atoms with van der Waals surface area (Å²) < 4.78 is 0. The van der Waals surface area contributed by atoms with E-state index < -0.39 is 0 Å². The zero-order chi connectivity index (χ0) is 13.7. The van der Waals surface area contributed by atoms with Crippen LogP contribution in [0.25, 0.3) is 0 Å². The van der Waals surface area contributed by atoms with Crippen LogP contribution in [0.3, 0.4) is 0 Å². The topological polar surface area (TPSA) is 29.3 Å². The van der Waals surface area contributed by atoms with Gasteiger partial charge in [-0.15, -0.1) is 0 Å². The minimum absolute atomic E-state index is 0.584. The smallest absolute Gasteiger partial charge is 0.0228 e. The fourth-order valence-corrected chi connectivity index (χ4v) is 3.01. The molecule has 2 rings (SSSR count). The van der Waals surface area contributed by atoms with E-state index in [2.05, 4.69) is 61.5 Å². The van der Waals surface area contributed by atoms with Crippen molar-refractivity contribution in [1.29, 1.82) is 0 Å². The highest BCUT2D eigenvalue weighted by atomic mass is 32.2. The maximum atomic E-state index is 5.78. The van der Waals surface area contributed by atoms with Crippen LogP contribution in [0.15, 0.2) is 58.3 Å². The molecule has 0 saturated carbocycles. The summed E-state index contributed by atoms with van der Waals surface area (Å²) in [4.78, 5) is 4.68. The van der Waals surface area contributed by atoms with Crippen LogP contribution in [0.4, 0.5) is 0 Å². The molecule has 0 amide bonds. The highest BCUT2D eigenvalue weighted by Gasteiger charge is 2.03. The van der Waals surface area contributed by atoms with E-state index in [1.165, 1.54) is 20.9 Å².